The van der Waals surface area contributed by atoms with Gasteiger partial charge in [0.1, 0.15) is 0 Å². The second-order valence-electron chi connectivity index (χ2n) is 8.31. The number of nitrogens with one attached hydrogen (secondary N) is 2. The number of benzene rings is 3. The maximum absolute atomic E-state index is 12.4. The topological polar surface area (TPSA) is 85.4 Å². The van der Waals surface area contributed by atoms with E-state index >= 15 is 0 Å². The highest BCUT2D eigenvalue weighted by Crippen LogP contribution is 2.24. The molecule has 0 spiro atoms. The van der Waals surface area contributed by atoms with Crippen LogP contribution in [0.3, 0.4) is 0 Å². The van der Waals surface area contributed by atoms with Gasteiger partial charge in [-0.3, -0.25) is 14.6 Å². The highest BCUT2D eigenvalue weighted by molar-refractivity contribution is 7.09. The Bertz CT molecular complexity index is 1320. The number of amides is 1. The summed E-state index contributed by atoms with van der Waals surface area (Å²) in [5.74, 6) is -0.125. The molecule has 0 aliphatic carbocycles. The third-order valence-corrected chi connectivity index (χ3v) is 6.50. The van der Waals surface area contributed by atoms with Gasteiger partial charge < -0.3 is 15.3 Å². The monoisotopic (exact) mass is 473 g/mol. The molecule has 0 fully saturated rings. The lowest BCUT2D eigenvalue weighted by atomic mass is 10.00. The smallest absolute Gasteiger partial charge is 0.307 e. The van der Waals surface area contributed by atoms with Gasteiger partial charge in [0, 0.05) is 38.3 Å². The average molecular weight is 474 g/mol. The van der Waals surface area contributed by atoms with E-state index in [0.717, 1.165) is 45.7 Å². The van der Waals surface area contributed by atoms with Crippen molar-refractivity contribution in [1.29, 1.82) is 0 Å². The number of thiazole rings is 1. The molecule has 4 rings (SSSR count). The summed E-state index contributed by atoms with van der Waals surface area (Å²) in [5, 5.41) is 12.8. The molecule has 1 heterocycles. The maximum Gasteiger partial charge on any atom is 0.307 e. The molecule has 3 aromatic carbocycles. The molecular weight excluding hydrogens is 446 g/mol. The van der Waals surface area contributed by atoms with Crippen molar-refractivity contribution in [3.8, 4) is 17.0 Å². The lowest BCUT2D eigenvalue weighted by Gasteiger charge is -2.12. The molecule has 0 saturated carbocycles. The van der Waals surface area contributed by atoms with Gasteiger partial charge in [-0.2, -0.15) is 0 Å². The Kier molecular flexibility index (Phi) is 7.13. The Morgan fingerprint density at radius 3 is 2.35 bits per heavy atom. The second kappa shape index (κ2) is 10.4. The minimum Gasteiger partial charge on any atom is -0.494 e. The van der Waals surface area contributed by atoms with E-state index in [1.54, 1.807) is 0 Å². The van der Waals surface area contributed by atoms with E-state index in [1.165, 1.54) is 0 Å². The van der Waals surface area contributed by atoms with Crippen LogP contribution in [-0.2, 0) is 12.8 Å². The van der Waals surface area contributed by atoms with Gasteiger partial charge in [0.2, 0.25) is 5.88 Å². The largest absolute Gasteiger partial charge is 0.494 e. The molecular formula is C27H27N3O3S. The van der Waals surface area contributed by atoms with E-state index in [9.17, 15) is 14.7 Å². The number of aromatic amines is 1. The number of nitrogens with zero attached hydrogens (tertiary/aromatic N) is 1. The molecule has 0 aliphatic rings. The Morgan fingerprint density at radius 2 is 1.71 bits per heavy atom. The van der Waals surface area contributed by atoms with E-state index < -0.39 is 0 Å². The first-order valence-electron chi connectivity index (χ1n) is 11.0. The predicted octanol–water partition coefficient (Wildman–Crippen LogP) is 4.44. The first-order valence-corrected chi connectivity index (χ1v) is 11.9. The van der Waals surface area contributed by atoms with Crippen molar-refractivity contribution in [3.63, 3.8) is 0 Å². The van der Waals surface area contributed by atoms with Gasteiger partial charge in [-0.05, 0) is 52.9 Å². The fourth-order valence-electron chi connectivity index (χ4n) is 3.71. The van der Waals surface area contributed by atoms with Crippen molar-refractivity contribution < 1.29 is 9.90 Å². The number of hydrogen-bond donors (Lipinski definition) is 3. The Morgan fingerprint density at radius 1 is 0.971 bits per heavy atom. The third-order valence-electron chi connectivity index (χ3n) is 5.62. The summed E-state index contributed by atoms with van der Waals surface area (Å²) in [6.07, 6.45) is 1.24. The number of carbonyl (C=O) groups is 1. The molecule has 3 N–H and O–H groups in total. The summed E-state index contributed by atoms with van der Waals surface area (Å²) in [6, 6.07) is 23.9. The number of aromatic nitrogens is 1. The molecule has 6 nitrogen and oxygen atoms in total. The third kappa shape index (κ3) is 5.74. The number of rotatable bonds is 8. The quantitative estimate of drug-likeness (QED) is 0.353. The molecule has 0 saturated heterocycles. The molecule has 174 valence electrons. The lowest BCUT2D eigenvalue weighted by molar-refractivity contribution is 0.0954. The summed E-state index contributed by atoms with van der Waals surface area (Å²) in [5.41, 5.74) is 6.06. The van der Waals surface area contributed by atoms with E-state index in [4.69, 9.17) is 0 Å². The fraction of sp³-hybridized carbons (Fsp3) is 0.185. The van der Waals surface area contributed by atoms with Gasteiger partial charge in [0.05, 0.1) is 4.88 Å². The summed E-state index contributed by atoms with van der Waals surface area (Å²) >= 11 is 1.03. The zero-order chi connectivity index (χ0) is 24.1. The Hall–Kier alpha value is -3.84. The van der Waals surface area contributed by atoms with E-state index in [-0.39, 0.29) is 16.7 Å². The van der Waals surface area contributed by atoms with Crippen LogP contribution in [-0.4, -0.2) is 36.6 Å². The molecule has 4 aromatic rings. The van der Waals surface area contributed by atoms with Gasteiger partial charge in [-0.1, -0.05) is 59.9 Å². The number of hydrogen-bond acceptors (Lipinski definition) is 5. The van der Waals surface area contributed by atoms with Crippen molar-refractivity contribution in [2.45, 2.75) is 12.8 Å². The van der Waals surface area contributed by atoms with Gasteiger partial charge in [-0.15, -0.1) is 0 Å². The summed E-state index contributed by atoms with van der Waals surface area (Å²) in [7, 11) is 3.94. The molecule has 1 amide bonds. The minimum absolute atomic E-state index is 0.0514. The van der Waals surface area contributed by atoms with Crippen LogP contribution in [0.5, 0.6) is 5.88 Å². The summed E-state index contributed by atoms with van der Waals surface area (Å²) in [6.45, 7) is 0.555. The Balaban J connectivity index is 1.35. The van der Waals surface area contributed by atoms with Gasteiger partial charge in [0.15, 0.2) is 0 Å². The van der Waals surface area contributed by atoms with Gasteiger partial charge in [-0.25, -0.2) is 0 Å². The summed E-state index contributed by atoms with van der Waals surface area (Å²) < 4.78 is 0. The van der Waals surface area contributed by atoms with Crippen LogP contribution >= 0.6 is 11.3 Å². The van der Waals surface area contributed by atoms with Crippen LogP contribution in [0.2, 0.25) is 0 Å². The Labute approximate surface area is 202 Å². The van der Waals surface area contributed by atoms with E-state index in [0.29, 0.717) is 23.4 Å². The van der Waals surface area contributed by atoms with Crippen molar-refractivity contribution >= 4 is 22.9 Å². The van der Waals surface area contributed by atoms with Crippen LogP contribution in [0.4, 0.5) is 5.69 Å². The number of carbonyl (C=O) groups excluding carboxylic acids is 1. The van der Waals surface area contributed by atoms with Crippen LogP contribution in [0.15, 0.2) is 77.6 Å². The molecule has 0 unspecified atom stereocenters. The highest BCUT2D eigenvalue weighted by Gasteiger charge is 2.09. The minimum atomic E-state index is -0.251. The van der Waals surface area contributed by atoms with Crippen molar-refractivity contribution in [3.05, 3.63) is 104 Å². The average Bonchev–Trinajstić information content (AvgIpc) is 3.16. The van der Waals surface area contributed by atoms with Crippen LogP contribution < -0.4 is 15.1 Å². The molecule has 0 radical (unpaired) electrons. The first-order chi connectivity index (χ1) is 16.4. The van der Waals surface area contributed by atoms with Gasteiger partial charge in [0.25, 0.3) is 5.91 Å². The second-order valence-corrected chi connectivity index (χ2v) is 9.38. The summed E-state index contributed by atoms with van der Waals surface area (Å²) in [4.78, 5) is 28.6. The van der Waals surface area contributed by atoms with Crippen molar-refractivity contribution in [2.75, 3.05) is 25.5 Å². The van der Waals surface area contributed by atoms with Crippen LogP contribution in [0.25, 0.3) is 11.1 Å². The number of aromatic hydroxyl groups is 1. The molecule has 34 heavy (non-hydrogen) atoms. The molecule has 0 atom stereocenters. The zero-order valence-electron chi connectivity index (χ0n) is 19.2. The predicted molar refractivity (Wildman–Crippen MR) is 138 cm³/mol. The first kappa shape index (κ1) is 23.3. The van der Waals surface area contributed by atoms with Crippen molar-refractivity contribution in [1.82, 2.24) is 10.3 Å². The van der Waals surface area contributed by atoms with Crippen LogP contribution in [0, 0.1) is 0 Å². The molecule has 0 aliphatic heterocycles. The molecule has 1 aromatic heterocycles. The number of H-pyrrole nitrogens is 1. The van der Waals surface area contributed by atoms with Gasteiger partial charge >= 0.3 is 4.87 Å². The SMILES string of the molecule is CN(C)c1ccc(C(=O)NCCc2cccc(-c3ccc(Cc4sc(=O)[nH]c4O)cc3)c2)cc1. The maximum atomic E-state index is 12.4. The fourth-order valence-corrected chi connectivity index (χ4v) is 4.47. The van der Waals surface area contributed by atoms with E-state index in [1.807, 2.05) is 73.6 Å². The normalized spacial score (nSPS) is 10.8. The zero-order valence-corrected chi connectivity index (χ0v) is 20.0. The molecule has 7 heteroatoms. The van der Waals surface area contributed by atoms with Crippen molar-refractivity contribution in [2.24, 2.45) is 0 Å². The van der Waals surface area contributed by atoms with Crippen LogP contribution in [0.1, 0.15) is 26.4 Å². The molecule has 0 bridgehead atoms. The highest BCUT2D eigenvalue weighted by atomic mass is 32.1. The lowest BCUT2D eigenvalue weighted by Crippen LogP contribution is -2.25. The standard InChI is InChI=1S/C27H27N3O3S/c1-30(2)23-12-10-21(11-13-23)25(31)28-15-14-18-4-3-5-22(16-18)20-8-6-19(7-9-20)17-24-26(32)29-27(33)34-24/h3-13,16,32H,14-15,17H2,1-2H3,(H,28,31)(H,29,33). The van der Waals surface area contributed by atoms with E-state index in [2.05, 4.69) is 28.5 Å². The number of anilines is 1.